The second-order valence-electron chi connectivity index (χ2n) is 6.49. The lowest BCUT2D eigenvalue weighted by atomic mass is 9.97. The van der Waals surface area contributed by atoms with E-state index in [9.17, 15) is 0 Å². The van der Waals surface area contributed by atoms with Gasteiger partial charge in [-0.05, 0) is 35.3 Å². The van der Waals surface area contributed by atoms with Crippen LogP contribution in [-0.2, 0) is 6.42 Å². The smallest absolute Gasteiger partial charge is 0.0953 e. The SMILES string of the molecule is CC(Cc1ccccc1)[NH2+]CC=C(c1ccccc1)c1ccccc1.[Cl-]. The monoisotopic (exact) mass is 363 g/mol. The maximum atomic E-state index is 2.42. The third kappa shape index (κ3) is 5.87. The van der Waals surface area contributed by atoms with Gasteiger partial charge >= 0.3 is 0 Å². The fourth-order valence-corrected chi connectivity index (χ4v) is 3.13. The first kappa shape index (κ1) is 20.0. The number of quaternary nitrogens is 1. The summed E-state index contributed by atoms with van der Waals surface area (Å²) >= 11 is 0. The minimum absolute atomic E-state index is 0. The second kappa shape index (κ2) is 10.6. The molecule has 26 heavy (non-hydrogen) atoms. The Kier molecular flexibility index (Phi) is 8.14. The fraction of sp³-hybridized carbons (Fsp3) is 0.167. The van der Waals surface area contributed by atoms with Crippen molar-refractivity contribution in [1.82, 2.24) is 0 Å². The molecule has 0 amide bonds. The van der Waals surface area contributed by atoms with Crippen molar-refractivity contribution in [2.24, 2.45) is 0 Å². The summed E-state index contributed by atoms with van der Waals surface area (Å²) in [4.78, 5) is 0. The molecule has 134 valence electrons. The van der Waals surface area contributed by atoms with Crippen LogP contribution in [0.1, 0.15) is 23.6 Å². The Morgan fingerprint density at radius 2 is 1.23 bits per heavy atom. The predicted molar refractivity (Wildman–Crippen MR) is 106 cm³/mol. The molecule has 3 aromatic rings. The molecule has 3 aromatic carbocycles. The third-order valence-electron chi connectivity index (χ3n) is 4.43. The van der Waals surface area contributed by atoms with Crippen molar-refractivity contribution >= 4 is 5.57 Å². The molecule has 0 saturated carbocycles. The molecule has 2 N–H and O–H groups in total. The molecule has 0 aromatic heterocycles. The molecule has 1 atom stereocenters. The lowest BCUT2D eigenvalue weighted by Gasteiger charge is -2.12. The molecule has 0 fully saturated rings. The Morgan fingerprint density at radius 1 is 0.769 bits per heavy atom. The molecule has 1 nitrogen and oxygen atoms in total. The van der Waals surface area contributed by atoms with Crippen molar-refractivity contribution in [3.05, 3.63) is 114 Å². The number of hydrogen-bond acceptors (Lipinski definition) is 0. The van der Waals surface area contributed by atoms with Crippen molar-refractivity contribution in [3.63, 3.8) is 0 Å². The van der Waals surface area contributed by atoms with Crippen LogP contribution in [0.3, 0.4) is 0 Å². The first-order chi connectivity index (χ1) is 12.3. The molecule has 0 bridgehead atoms. The Labute approximate surface area is 163 Å². The third-order valence-corrected chi connectivity index (χ3v) is 4.43. The van der Waals surface area contributed by atoms with Gasteiger partial charge in [-0.25, -0.2) is 0 Å². The molecule has 0 aliphatic carbocycles. The Morgan fingerprint density at radius 3 is 1.73 bits per heavy atom. The molecule has 2 heteroatoms. The summed E-state index contributed by atoms with van der Waals surface area (Å²) in [6.45, 7) is 3.28. The molecule has 0 aliphatic heterocycles. The van der Waals surface area contributed by atoms with Gasteiger partial charge in [-0.2, -0.15) is 0 Å². The predicted octanol–water partition coefficient (Wildman–Crippen LogP) is 1.32. The van der Waals surface area contributed by atoms with Crippen molar-refractivity contribution in [2.45, 2.75) is 19.4 Å². The largest absolute Gasteiger partial charge is 1.00 e. The normalized spacial score (nSPS) is 11.3. The van der Waals surface area contributed by atoms with Crippen LogP contribution in [0.25, 0.3) is 5.57 Å². The van der Waals surface area contributed by atoms with Crippen LogP contribution in [0.4, 0.5) is 0 Å². The van der Waals surface area contributed by atoms with Gasteiger partial charge in [-0.15, -0.1) is 0 Å². The van der Waals surface area contributed by atoms with E-state index in [1.807, 2.05) is 0 Å². The zero-order chi connectivity index (χ0) is 17.3. The first-order valence-corrected chi connectivity index (χ1v) is 9.01. The zero-order valence-corrected chi connectivity index (χ0v) is 15.9. The van der Waals surface area contributed by atoms with Gasteiger partial charge < -0.3 is 17.7 Å². The van der Waals surface area contributed by atoms with E-state index in [1.54, 1.807) is 0 Å². The van der Waals surface area contributed by atoms with E-state index in [0.717, 1.165) is 13.0 Å². The van der Waals surface area contributed by atoms with Crippen LogP contribution in [0, 0.1) is 0 Å². The van der Waals surface area contributed by atoms with E-state index in [1.165, 1.54) is 22.3 Å². The highest BCUT2D eigenvalue weighted by Crippen LogP contribution is 2.22. The first-order valence-electron chi connectivity index (χ1n) is 9.01. The summed E-state index contributed by atoms with van der Waals surface area (Å²) in [5, 5.41) is 2.42. The Balaban J connectivity index is 0.00000243. The lowest BCUT2D eigenvalue weighted by molar-refractivity contribution is -0.677. The van der Waals surface area contributed by atoms with Crippen molar-refractivity contribution < 1.29 is 17.7 Å². The number of rotatable bonds is 7. The standard InChI is InChI=1S/C24H25N.ClH/c1-20(19-21-11-5-2-6-12-21)25-18-17-24(22-13-7-3-8-14-22)23-15-9-4-10-16-23;/h2-17,20,25H,18-19H2,1H3;1H. The van der Waals surface area contributed by atoms with Crippen LogP contribution < -0.4 is 17.7 Å². The molecule has 0 aliphatic rings. The van der Waals surface area contributed by atoms with E-state index >= 15 is 0 Å². The molecule has 0 radical (unpaired) electrons. The van der Waals surface area contributed by atoms with Gasteiger partial charge in [0.1, 0.15) is 0 Å². The van der Waals surface area contributed by atoms with Gasteiger partial charge in [0.15, 0.2) is 0 Å². The number of hydrogen-bond donors (Lipinski definition) is 1. The number of halogens is 1. The van der Waals surface area contributed by atoms with E-state index in [0.29, 0.717) is 6.04 Å². The summed E-state index contributed by atoms with van der Waals surface area (Å²) in [6.07, 6.45) is 3.45. The van der Waals surface area contributed by atoms with Crippen LogP contribution >= 0.6 is 0 Å². The quantitative estimate of drug-likeness (QED) is 0.652. The molecule has 0 heterocycles. The van der Waals surface area contributed by atoms with Crippen LogP contribution in [0.15, 0.2) is 97.1 Å². The van der Waals surface area contributed by atoms with Crippen LogP contribution in [0.2, 0.25) is 0 Å². The van der Waals surface area contributed by atoms with E-state index in [-0.39, 0.29) is 12.4 Å². The topological polar surface area (TPSA) is 16.6 Å². The molecular weight excluding hydrogens is 338 g/mol. The Bertz CT molecular complexity index is 741. The highest BCUT2D eigenvalue weighted by molar-refractivity contribution is 5.79. The maximum absolute atomic E-state index is 2.42. The van der Waals surface area contributed by atoms with Gasteiger partial charge in [-0.3, -0.25) is 0 Å². The summed E-state index contributed by atoms with van der Waals surface area (Å²) in [5.41, 5.74) is 5.27. The van der Waals surface area contributed by atoms with Gasteiger partial charge in [0.25, 0.3) is 0 Å². The molecule has 3 rings (SSSR count). The van der Waals surface area contributed by atoms with Crippen LogP contribution in [-0.4, -0.2) is 12.6 Å². The zero-order valence-electron chi connectivity index (χ0n) is 15.2. The summed E-state index contributed by atoms with van der Waals surface area (Å²) in [6, 6.07) is 32.6. The second-order valence-corrected chi connectivity index (χ2v) is 6.49. The fourth-order valence-electron chi connectivity index (χ4n) is 3.13. The van der Waals surface area contributed by atoms with Crippen molar-refractivity contribution in [3.8, 4) is 0 Å². The van der Waals surface area contributed by atoms with E-state index in [4.69, 9.17) is 0 Å². The van der Waals surface area contributed by atoms with Gasteiger partial charge in [0.2, 0.25) is 0 Å². The minimum Gasteiger partial charge on any atom is -1.00 e. The number of benzene rings is 3. The van der Waals surface area contributed by atoms with Gasteiger partial charge in [0.05, 0.1) is 12.6 Å². The highest BCUT2D eigenvalue weighted by atomic mass is 35.5. The summed E-state index contributed by atoms with van der Waals surface area (Å²) in [5.74, 6) is 0. The average Bonchev–Trinajstić information content (AvgIpc) is 2.67. The summed E-state index contributed by atoms with van der Waals surface area (Å²) < 4.78 is 0. The van der Waals surface area contributed by atoms with E-state index in [2.05, 4.69) is 109 Å². The average molecular weight is 364 g/mol. The van der Waals surface area contributed by atoms with E-state index < -0.39 is 0 Å². The lowest BCUT2D eigenvalue weighted by Crippen LogP contribution is -3.00. The van der Waals surface area contributed by atoms with Crippen molar-refractivity contribution in [1.29, 1.82) is 0 Å². The minimum atomic E-state index is 0. The number of nitrogens with two attached hydrogens (primary N) is 1. The molecule has 0 saturated heterocycles. The van der Waals surface area contributed by atoms with Gasteiger partial charge in [0, 0.05) is 6.42 Å². The maximum Gasteiger partial charge on any atom is 0.0953 e. The molecule has 0 spiro atoms. The molecule has 1 unspecified atom stereocenters. The highest BCUT2D eigenvalue weighted by Gasteiger charge is 2.07. The van der Waals surface area contributed by atoms with Gasteiger partial charge in [-0.1, -0.05) is 91.0 Å². The summed E-state index contributed by atoms with van der Waals surface area (Å²) in [7, 11) is 0. The van der Waals surface area contributed by atoms with Crippen LogP contribution in [0.5, 0.6) is 0 Å². The Hall–Kier alpha value is -2.35. The van der Waals surface area contributed by atoms with Crippen molar-refractivity contribution in [2.75, 3.05) is 6.54 Å². The molecular formula is C24H26ClN.